The highest BCUT2D eigenvalue weighted by Crippen LogP contribution is 2.19. The SMILES string of the molecule is Cc1ccc(NCCCNC(=O)CC2C=CCC2)nc1. The van der Waals surface area contributed by atoms with Crippen molar-refractivity contribution in [1.82, 2.24) is 10.3 Å². The number of aryl methyl sites for hydroxylation is 1. The molecule has 0 saturated carbocycles. The van der Waals surface area contributed by atoms with E-state index in [9.17, 15) is 4.79 Å². The summed E-state index contributed by atoms with van der Waals surface area (Å²) in [5.74, 6) is 1.50. The van der Waals surface area contributed by atoms with Crippen molar-refractivity contribution in [2.75, 3.05) is 18.4 Å². The molecule has 0 radical (unpaired) electrons. The lowest BCUT2D eigenvalue weighted by molar-refractivity contribution is -0.121. The lowest BCUT2D eigenvalue weighted by atomic mass is 10.1. The molecule has 108 valence electrons. The average molecular weight is 273 g/mol. The minimum Gasteiger partial charge on any atom is -0.370 e. The second-order valence-electron chi connectivity index (χ2n) is 5.32. The lowest BCUT2D eigenvalue weighted by Crippen LogP contribution is -2.27. The molecule has 1 aromatic heterocycles. The van der Waals surface area contributed by atoms with Gasteiger partial charge in [-0.1, -0.05) is 18.2 Å². The van der Waals surface area contributed by atoms with Gasteiger partial charge in [-0.05, 0) is 43.7 Å². The predicted octanol–water partition coefficient (Wildman–Crippen LogP) is 2.66. The quantitative estimate of drug-likeness (QED) is 0.593. The highest BCUT2D eigenvalue weighted by molar-refractivity contribution is 5.76. The van der Waals surface area contributed by atoms with Crippen LogP contribution in [0.25, 0.3) is 0 Å². The van der Waals surface area contributed by atoms with Gasteiger partial charge in [-0.25, -0.2) is 4.98 Å². The van der Waals surface area contributed by atoms with Gasteiger partial charge in [0.2, 0.25) is 5.91 Å². The maximum absolute atomic E-state index is 11.7. The molecule has 4 nitrogen and oxygen atoms in total. The molecule has 0 bridgehead atoms. The summed E-state index contributed by atoms with van der Waals surface area (Å²) in [6.07, 6.45) is 9.94. The zero-order valence-electron chi connectivity index (χ0n) is 12.1. The van der Waals surface area contributed by atoms with Crippen LogP contribution in [0.3, 0.4) is 0 Å². The Kier molecular flexibility index (Phi) is 5.59. The number of carbonyl (C=O) groups excluding carboxylic acids is 1. The van der Waals surface area contributed by atoms with Crippen LogP contribution in [0.15, 0.2) is 30.5 Å². The number of anilines is 1. The number of aromatic nitrogens is 1. The number of hydrogen-bond donors (Lipinski definition) is 2. The summed E-state index contributed by atoms with van der Waals surface area (Å²) in [5, 5.41) is 6.22. The van der Waals surface area contributed by atoms with Crippen LogP contribution in [-0.4, -0.2) is 24.0 Å². The molecule has 1 aliphatic carbocycles. The van der Waals surface area contributed by atoms with Crippen molar-refractivity contribution in [1.29, 1.82) is 0 Å². The van der Waals surface area contributed by atoms with E-state index in [0.717, 1.165) is 37.2 Å². The number of hydrogen-bond acceptors (Lipinski definition) is 3. The van der Waals surface area contributed by atoms with Crippen molar-refractivity contribution in [3.63, 3.8) is 0 Å². The van der Waals surface area contributed by atoms with Crippen molar-refractivity contribution >= 4 is 11.7 Å². The van der Waals surface area contributed by atoms with Gasteiger partial charge in [0.1, 0.15) is 5.82 Å². The summed E-state index contributed by atoms with van der Waals surface area (Å²) < 4.78 is 0. The normalized spacial score (nSPS) is 17.1. The van der Waals surface area contributed by atoms with Crippen LogP contribution in [0.4, 0.5) is 5.82 Å². The fourth-order valence-electron chi connectivity index (χ4n) is 2.28. The summed E-state index contributed by atoms with van der Waals surface area (Å²) in [7, 11) is 0. The van der Waals surface area contributed by atoms with Crippen LogP contribution < -0.4 is 10.6 Å². The topological polar surface area (TPSA) is 54.0 Å². The van der Waals surface area contributed by atoms with Gasteiger partial charge in [-0.3, -0.25) is 4.79 Å². The van der Waals surface area contributed by atoms with E-state index in [-0.39, 0.29) is 5.91 Å². The lowest BCUT2D eigenvalue weighted by Gasteiger charge is -2.09. The molecule has 0 fully saturated rings. The molecule has 4 heteroatoms. The number of nitrogens with one attached hydrogen (secondary N) is 2. The van der Waals surface area contributed by atoms with E-state index in [0.29, 0.717) is 18.9 Å². The fraction of sp³-hybridized carbons (Fsp3) is 0.500. The van der Waals surface area contributed by atoms with Gasteiger partial charge in [0.15, 0.2) is 0 Å². The summed E-state index contributed by atoms with van der Waals surface area (Å²) in [4.78, 5) is 16.0. The molecular weight excluding hydrogens is 250 g/mol. The van der Waals surface area contributed by atoms with Crippen molar-refractivity contribution in [2.45, 2.75) is 32.6 Å². The number of carbonyl (C=O) groups is 1. The molecule has 1 amide bonds. The molecule has 1 unspecified atom stereocenters. The van der Waals surface area contributed by atoms with Crippen LogP contribution >= 0.6 is 0 Å². The first-order valence-electron chi connectivity index (χ1n) is 7.34. The summed E-state index contributed by atoms with van der Waals surface area (Å²) in [6.45, 7) is 3.56. The minimum absolute atomic E-state index is 0.162. The van der Waals surface area contributed by atoms with E-state index in [4.69, 9.17) is 0 Å². The molecule has 1 heterocycles. The molecule has 0 spiro atoms. The van der Waals surface area contributed by atoms with Gasteiger partial charge < -0.3 is 10.6 Å². The van der Waals surface area contributed by atoms with E-state index < -0.39 is 0 Å². The second-order valence-corrected chi connectivity index (χ2v) is 5.32. The Hall–Kier alpha value is -1.84. The Balaban J connectivity index is 1.53. The Labute approximate surface area is 120 Å². The third kappa shape index (κ3) is 5.03. The predicted molar refractivity (Wildman–Crippen MR) is 81.6 cm³/mol. The van der Waals surface area contributed by atoms with Crippen LogP contribution in [0.1, 0.15) is 31.2 Å². The smallest absolute Gasteiger partial charge is 0.220 e. The Morgan fingerprint density at radius 3 is 3.00 bits per heavy atom. The van der Waals surface area contributed by atoms with Gasteiger partial charge in [-0.2, -0.15) is 0 Å². The standard InChI is InChI=1S/C16H23N3O/c1-13-7-8-15(19-12-13)17-9-4-10-18-16(20)11-14-5-2-3-6-14/h2,5,7-8,12,14H,3-4,6,9-11H2,1H3,(H,17,19)(H,18,20). The highest BCUT2D eigenvalue weighted by Gasteiger charge is 2.13. The van der Waals surface area contributed by atoms with Crippen molar-refractivity contribution in [3.8, 4) is 0 Å². The van der Waals surface area contributed by atoms with Crippen molar-refractivity contribution in [2.24, 2.45) is 5.92 Å². The maximum Gasteiger partial charge on any atom is 0.220 e. The third-order valence-electron chi connectivity index (χ3n) is 3.45. The van der Waals surface area contributed by atoms with Crippen LogP contribution in [0.5, 0.6) is 0 Å². The molecule has 2 N–H and O–H groups in total. The van der Waals surface area contributed by atoms with Crippen LogP contribution in [0.2, 0.25) is 0 Å². The van der Waals surface area contributed by atoms with E-state index >= 15 is 0 Å². The number of pyridine rings is 1. The van der Waals surface area contributed by atoms with Crippen LogP contribution in [0, 0.1) is 12.8 Å². The van der Waals surface area contributed by atoms with E-state index in [1.54, 1.807) is 0 Å². The zero-order chi connectivity index (χ0) is 14.2. The molecule has 1 atom stereocenters. The van der Waals surface area contributed by atoms with Gasteiger partial charge in [0.25, 0.3) is 0 Å². The number of nitrogens with zero attached hydrogens (tertiary/aromatic N) is 1. The first kappa shape index (κ1) is 14.6. The van der Waals surface area contributed by atoms with Gasteiger partial charge in [0.05, 0.1) is 0 Å². The fourth-order valence-corrected chi connectivity index (χ4v) is 2.28. The molecule has 20 heavy (non-hydrogen) atoms. The molecular formula is C16H23N3O. The molecule has 1 aromatic rings. The Morgan fingerprint density at radius 2 is 2.30 bits per heavy atom. The van der Waals surface area contributed by atoms with Gasteiger partial charge in [0, 0.05) is 25.7 Å². The third-order valence-corrected chi connectivity index (χ3v) is 3.45. The monoisotopic (exact) mass is 273 g/mol. The Morgan fingerprint density at radius 1 is 1.40 bits per heavy atom. The maximum atomic E-state index is 11.7. The van der Waals surface area contributed by atoms with E-state index in [2.05, 4.69) is 27.8 Å². The van der Waals surface area contributed by atoms with Crippen LogP contribution in [-0.2, 0) is 4.79 Å². The zero-order valence-corrected chi connectivity index (χ0v) is 12.1. The van der Waals surface area contributed by atoms with Gasteiger partial charge in [-0.15, -0.1) is 0 Å². The first-order valence-corrected chi connectivity index (χ1v) is 7.34. The minimum atomic E-state index is 0.162. The number of allylic oxidation sites excluding steroid dienone is 2. The highest BCUT2D eigenvalue weighted by atomic mass is 16.1. The second kappa shape index (κ2) is 7.68. The number of rotatable bonds is 7. The largest absolute Gasteiger partial charge is 0.370 e. The molecule has 1 aliphatic rings. The van der Waals surface area contributed by atoms with Crippen molar-refractivity contribution in [3.05, 3.63) is 36.0 Å². The molecule has 0 saturated heterocycles. The first-order chi connectivity index (χ1) is 9.74. The molecule has 0 aromatic carbocycles. The van der Waals surface area contributed by atoms with Crippen molar-refractivity contribution < 1.29 is 4.79 Å². The molecule has 0 aliphatic heterocycles. The average Bonchev–Trinajstić information content (AvgIpc) is 2.93. The van der Waals surface area contributed by atoms with E-state index in [1.165, 1.54) is 0 Å². The van der Waals surface area contributed by atoms with Gasteiger partial charge >= 0.3 is 0 Å². The van der Waals surface area contributed by atoms with E-state index in [1.807, 2.05) is 25.3 Å². The molecule has 2 rings (SSSR count). The number of amides is 1. The summed E-state index contributed by atoms with van der Waals surface area (Å²) in [6, 6.07) is 4.01. The Bertz CT molecular complexity index is 453. The summed E-state index contributed by atoms with van der Waals surface area (Å²) >= 11 is 0. The summed E-state index contributed by atoms with van der Waals surface area (Å²) in [5.41, 5.74) is 1.16.